The fraction of sp³-hybridized carbons (Fsp3) is 0.286. The number of aryl methyl sites for hydroxylation is 1. The molecular formula is C21H22N4O. The SMILES string of the molecule is CCC(=O)N1c2ncnn2[C@H](c2ccc(C)cc2)C[C@@H]1c1ccccc1. The van der Waals surface area contributed by atoms with Gasteiger partial charge in [0.05, 0.1) is 12.1 Å². The van der Waals surface area contributed by atoms with Crippen LogP contribution < -0.4 is 4.90 Å². The minimum absolute atomic E-state index is 0.0494. The maximum absolute atomic E-state index is 12.7. The number of carbonyl (C=O) groups is 1. The minimum atomic E-state index is -0.0494. The number of benzene rings is 2. The smallest absolute Gasteiger partial charge is 0.231 e. The summed E-state index contributed by atoms with van der Waals surface area (Å²) in [5.74, 6) is 0.693. The molecule has 0 aliphatic carbocycles. The van der Waals surface area contributed by atoms with E-state index < -0.39 is 0 Å². The van der Waals surface area contributed by atoms with Crippen molar-refractivity contribution in [1.82, 2.24) is 14.8 Å². The average Bonchev–Trinajstić information content (AvgIpc) is 3.17. The van der Waals surface area contributed by atoms with Crippen molar-refractivity contribution < 1.29 is 4.79 Å². The number of amides is 1. The van der Waals surface area contributed by atoms with Crippen LogP contribution in [0.2, 0.25) is 0 Å². The van der Waals surface area contributed by atoms with Crippen molar-refractivity contribution in [2.75, 3.05) is 4.90 Å². The van der Waals surface area contributed by atoms with E-state index in [0.29, 0.717) is 12.4 Å². The van der Waals surface area contributed by atoms with Crippen molar-refractivity contribution >= 4 is 11.9 Å². The highest BCUT2D eigenvalue weighted by molar-refractivity contribution is 5.92. The van der Waals surface area contributed by atoms with E-state index in [-0.39, 0.29) is 18.0 Å². The zero-order valence-electron chi connectivity index (χ0n) is 15.0. The quantitative estimate of drug-likeness (QED) is 0.718. The monoisotopic (exact) mass is 346 g/mol. The molecule has 0 unspecified atom stereocenters. The predicted molar refractivity (Wildman–Crippen MR) is 101 cm³/mol. The Morgan fingerprint density at radius 1 is 1.04 bits per heavy atom. The van der Waals surface area contributed by atoms with Gasteiger partial charge in [0, 0.05) is 6.42 Å². The summed E-state index contributed by atoms with van der Waals surface area (Å²) in [6.45, 7) is 3.97. The van der Waals surface area contributed by atoms with Crippen molar-refractivity contribution in [3.8, 4) is 0 Å². The molecule has 5 heteroatoms. The fourth-order valence-electron chi connectivity index (χ4n) is 3.67. The van der Waals surface area contributed by atoms with Crippen LogP contribution in [0.4, 0.5) is 5.95 Å². The second-order valence-electron chi connectivity index (χ2n) is 6.71. The maximum atomic E-state index is 12.7. The van der Waals surface area contributed by atoms with E-state index in [2.05, 4.69) is 53.4 Å². The van der Waals surface area contributed by atoms with Gasteiger partial charge in [0.2, 0.25) is 11.9 Å². The van der Waals surface area contributed by atoms with Crippen LogP contribution in [0.15, 0.2) is 60.9 Å². The van der Waals surface area contributed by atoms with Gasteiger partial charge in [-0.2, -0.15) is 10.1 Å². The molecule has 2 aromatic carbocycles. The molecule has 0 spiro atoms. The first-order chi connectivity index (χ1) is 12.7. The maximum Gasteiger partial charge on any atom is 0.231 e. The van der Waals surface area contributed by atoms with Crippen molar-refractivity contribution in [1.29, 1.82) is 0 Å². The van der Waals surface area contributed by atoms with E-state index in [9.17, 15) is 4.79 Å². The summed E-state index contributed by atoms with van der Waals surface area (Å²) in [4.78, 5) is 19.0. The summed E-state index contributed by atoms with van der Waals surface area (Å²) in [7, 11) is 0. The van der Waals surface area contributed by atoms with Crippen molar-refractivity contribution in [2.24, 2.45) is 0 Å². The number of rotatable bonds is 3. The summed E-state index contributed by atoms with van der Waals surface area (Å²) >= 11 is 0. The molecule has 0 saturated carbocycles. The largest absolute Gasteiger partial charge is 0.274 e. The van der Waals surface area contributed by atoms with E-state index in [4.69, 9.17) is 0 Å². The standard InChI is InChI=1S/C21H22N4O/c1-3-20(26)24-18(16-7-5-4-6-8-16)13-19(25-21(24)22-14-23-25)17-11-9-15(2)10-12-17/h4-12,14,18-19H,3,13H2,1-2H3/t18-,19+/m1/s1. The molecule has 3 aromatic rings. The van der Waals surface area contributed by atoms with Crippen LogP contribution in [-0.2, 0) is 4.79 Å². The molecule has 0 bridgehead atoms. The average molecular weight is 346 g/mol. The van der Waals surface area contributed by atoms with Crippen molar-refractivity contribution in [3.63, 3.8) is 0 Å². The van der Waals surface area contributed by atoms with E-state index in [1.807, 2.05) is 34.7 Å². The summed E-state index contributed by atoms with van der Waals surface area (Å²) < 4.78 is 1.89. The van der Waals surface area contributed by atoms with Crippen LogP contribution in [0.5, 0.6) is 0 Å². The number of hydrogen-bond acceptors (Lipinski definition) is 3. The molecule has 1 aromatic heterocycles. The molecule has 0 saturated heterocycles. The third-order valence-electron chi connectivity index (χ3n) is 5.04. The number of anilines is 1. The van der Waals surface area contributed by atoms with Gasteiger partial charge < -0.3 is 0 Å². The molecule has 0 radical (unpaired) electrons. The lowest BCUT2D eigenvalue weighted by atomic mass is 9.91. The molecular weight excluding hydrogens is 324 g/mol. The van der Waals surface area contributed by atoms with Crippen LogP contribution in [-0.4, -0.2) is 20.7 Å². The van der Waals surface area contributed by atoms with Crippen LogP contribution >= 0.6 is 0 Å². The van der Waals surface area contributed by atoms with Crippen molar-refractivity contribution in [3.05, 3.63) is 77.6 Å². The fourth-order valence-corrected chi connectivity index (χ4v) is 3.67. The number of aromatic nitrogens is 3. The van der Waals surface area contributed by atoms with Gasteiger partial charge in [-0.05, 0) is 24.5 Å². The summed E-state index contributed by atoms with van der Waals surface area (Å²) in [6, 6.07) is 18.7. The Morgan fingerprint density at radius 3 is 2.42 bits per heavy atom. The molecule has 1 aliphatic heterocycles. The van der Waals surface area contributed by atoms with Gasteiger partial charge in [-0.15, -0.1) is 0 Å². The lowest BCUT2D eigenvalue weighted by molar-refractivity contribution is -0.119. The number of fused-ring (bicyclic) bond motifs is 1. The highest BCUT2D eigenvalue weighted by Gasteiger charge is 2.38. The molecule has 0 fully saturated rings. The van der Waals surface area contributed by atoms with Crippen LogP contribution in [0.1, 0.15) is 48.5 Å². The van der Waals surface area contributed by atoms with E-state index in [0.717, 1.165) is 12.0 Å². The predicted octanol–water partition coefficient (Wildman–Crippen LogP) is 4.06. The second-order valence-corrected chi connectivity index (χ2v) is 6.71. The number of hydrogen-bond donors (Lipinski definition) is 0. The van der Waals surface area contributed by atoms with E-state index in [1.165, 1.54) is 11.1 Å². The highest BCUT2D eigenvalue weighted by atomic mass is 16.2. The number of nitrogens with zero attached hydrogens (tertiary/aromatic N) is 4. The normalized spacial score (nSPS) is 19.2. The van der Waals surface area contributed by atoms with Crippen LogP contribution in [0.3, 0.4) is 0 Å². The molecule has 5 nitrogen and oxygen atoms in total. The first-order valence-corrected chi connectivity index (χ1v) is 9.02. The van der Waals surface area contributed by atoms with Crippen molar-refractivity contribution in [2.45, 2.75) is 38.8 Å². The van der Waals surface area contributed by atoms with Gasteiger partial charge in [0.25, 0.3) is 0 Å². The zero-order chi connectivity index (χ0) is 18.1. The first-order valence-electron chi connectivity index (χ1n) is 9.02. The van der Waals surface area contributed by atoms with Gasteiger partial charge >= 0.3 is 0 Å². The molecule has 2 atom stereocenters. The summed E-state index contributed by atoms with van der Waals surface area (Å²) in [5.41, 5.74) is 3.54. The van der Waals surface area contributed by atoms with E-state index in [1.54, 1.807) is 6.33 Å². The van der Waals surface area contributed by atoms with Gasteiger partial charge in [-0.25, -0.2) is 4.68 Å². The Morgan fingerprint density at radius 2 is 1.73 bits per heavy atom. The topological polar surface area (TPSA) is 51.0 Å². The minimum Gasteiger partial charge on any atom is -0.274 e. The third-order valence-corrected chi connectivity index (χ3v) is 5.04. The molecule has 0 N–H and O–H groups in total. The third kappa shape index (κ3) is 2.79. The van der Waals surface area contributed by atoms with Gasteiger partial charge in [0.1, 0.15) is 6.33 Å². The lowest BCUT2D eigenvalue weighted by Crippen LogP contribution is -2.42. The lowest BCUT2D eigenvalue weighted by Gasteiger charge is -2.39. The Hall–Kier alpha value is -2.95. The Bertz CT molecular complexity index is 901. The first kappa shape index (κ1) is 16.5. The van der Waals surface area contributed by atoms with Crippen LogP contribution in [0.25, 0.3) is 0 Å². The Labute approximate surface area is 153 Å². The Balaban J connectivity index is 1.83. The zero-order valence-corrected chi connectivity index (χ0v) is 15.0. The number of carbonyl (C=O) groups excluding carboxylic acids is 1. The second kappa shape index (κ2) is 6.75. The molecule has 1 aliphatic rings. The molecule has 26 heavy (non-hydrogen) atoms. The van der Waals surface area contributed by atoms with Gasteiger partial charge in [-0.1, -0.05) is 67.1 Å². The molecule has 4 rings (SSSR count). The molecule has 2 heterocycles. The van der Waals surface area contributed by atoms with E-state index >= 15 is 0 Å². The molecule has 1 amide bonds. The van der Waals surface area contributed by atoms with Crippen LogP contribution in [0, 0.1) is 6.92 Å². The summed E-state index contributed by atoms with van der Waals surface area (Å²) in [5, 5.41) is 4.44. The van der Waals surface area contributed by atoms with Gasteiger partial charge in [-0.3, -0.25) is 9.69 Å². The highest BCUT2D eigenvalue weighted by Crippen LogP contribution is 2.41. The summed E-state index contributed by atoms with van der Waals surface area (Å²) in [6.07, 6.45) is 2.75. The molecule has 132 valence electrons. The Kier molecular flexibility index (Phi) is 4.29. The van der Waals surface area contributed by atoms with Gasteiger partial charge in [0.15, 0.2) is 0 Å².